The Morgan fingerprint density at radius 1 is 1.09 bits per heavy atom. The maximum absolute atomic E-state index is 12.4. The molecule has 0 radical (unpaired) electrons. The molecule has 11 heteroatoms. The van der Waals surface area contributed by atoms with Gasteiger partial charge in [0.15, 0.2) is 0 Å². The minimum absolute atomic E-state index is 0.0909. The van der Waals surface area contributed by atoms with Gasteiger partial charge in [0.1, 0.15) is 16.7 Å². The summed E-state index contributed by atoms with van der Waals surface area (Å²) in [5.74, 6) is 0. The van der Waals surface area contributed by atoms with E-state index in [4.69, 9.17) is 4.42 Å². The van der Waals surface area contributed by atoms with Crippen LogP contribution in [0.15, 0.2) is 63.1 Å². The molecule has 0 bridgehead atoms. The summed E-state index contributed by atoms with van der Waals surface area (Å²) in [5.41, 5.74) is 0.196. The van der Waals surface area contributed by atoms with E-state index in [0.717, 1.165) is 11.3 Å². The molecule has 0 atom stereocenters. The van der Waals surface area contributed by atoms with Gasteiger partial charge in [0, 0.05) is 35.0 Å². The molecule has 4 aromatic rings. The summed E-state index contributed by atoms with van der Waals surface area (Å²) in [6, 6.07) is 13.1. The first-order valence-corrected chi connectivity index (χ1v) is 9.78. The highest BCUT2D eigenvalue weighted by Crippen LogP contribution is 2.29. The van der Waals surface area contributed by atoms with Crippen LogP contribution in [0.4, 0.5) is 11.4 Å². The molecule has 0 saturated carbocycles. The van der Waals surface area contributed by atoms with Crippen LogP contribution in [0.25, 0.3) is 33.9 Å². The summed E-state index contributed by atoms with van der Waals surface area (Å²) in [6.07, 6.45) is 1.46. The third-order valence-corrected chi connectivity index (χ3v) is 5.33. The summed E-state index contributed by atoms with van der Waals surface area (Å²) >= 11 is 1.10. The molecule has 0 N–H and O–H groups in total. The highest BCUT2D eigenvalue weighted by Gasteiger charge is 2.16. The van der Waals surface area contributed by atoms with Gasteiger partial charge in [-0.2, -0.15) is 5.26 Å². The number of aromatic nitrogens is 1. The van der Waals surface area contributed by atoms with E-state index in [-0.39, 0.29) is 33.8 Å². The average molecular weight is 446 g/mol. The van der Waals surface area contributed by atoms with Crippen molar-refractivity contribution in [3.8, 4) is 17.3 Å². The molecule has 2 aromatic heterocycles. The number of nitrogens with zero attached hydrogens (tertiary/aromatic N) is 4. The van der Waals surface area contributed by atoms with E-state index < -0.39 is 15.5 Å². The van der Waals surface area contributed by atoms with E-state index >= 15 is 0 Å². The van der Waals surface area contributed by atoms with Gasteiger partial charge < -0.3 is 4.42 Å². The number of thiazole rings is 1. The quantitative estimate of drug-likeness (QED) is 0.183. The highest BCUT2D eigenvalue weighted by atomic mass is 32.1. The molecule has 0 fully saturated rings. The number of nitriles is 1. The van der Waals surface area contributed by atoms with Crippen LogP contribution in [0, 0.1) is 31.6 Å². The van der Waals surface area contributed by atoms with E-state index in [9.17, 15) is 30.3 Å². The van der Waals surface area contributed by atoms with Crippen molar-refractivity contribution in [2.24, 2.45) is 0 Å². The lowest BCUT2D eigenvalue weighted by atomic mass is 10.1. The third-order valence-electron chi connectivity index (χ3n) is 4.45. The number of nitro groups is 2. The van der Waals surface area contributed by atoms with Gasteiger partial charge in [-0.1, -0.05) is 12.1 Å². The van der Waals surface area contributed by atoms with Crippen LogP contribution in [0.3, 0.4) is 0 Å². The SMILES string of the molecule is N#C/C(=C\c1cccc([N+](=O)[O-])c1)c1nc(-c2cc3cc([N+](=O)[O-])ccc3oc2=O)cs1. The van der Waals surface area contributed by atoms with E-state index in [1.807, 2.05) is 6.07 Å². The third kappa shape index (κ3) is 3.98. The molecule has 4 rings (SSSR count). The van der Waals surface area contributed by atoms with Crippen LogP contribution >= 0.6 is 11.3 Å². The number of hydrogen-bond acceptors (Lipinski definition) is 9. The van der Waals surface area contributed by atoms with Gasteiger partial charge in [-0.05, 0) is 23.8 Å². The lowest BCUT2D eigenvalue weighted by molar-refractivity contribution is -0.385. The first-order valence-electron chi connectivity index (χ1n) is 8.90. The van der Waals surface area contributed by atoms with E-state index in [0.29, 0.717) is 16.0 Å². The second-order valence-electron chi connectivity index (χ2n) is 6.49. The van der Waals surface area contributed by atoms with Gasteiger partial charge in [0.2, 0.25) is 0 Å². The molecular weight excluding hydrogens is 436 g/mol. The Kier molecular flexibility index (Phi) is 5.28. The normalized spacial score (nSPS) is 11.3. The molecule has 0 spiro atoms. The van der Waals surface area contributed by atoms with Crippen molar-refractivity contribution in [2.75, 3.05) is 0 Å². The van der Waals surface area contributed by atoms with Gasteiger partial charge in [0.05, 0.1) is 26.7 Å². The Bertz CT molecular complexity index is 1530. The standard InChI is InChI=1S/C21H10N4O6S/c22-10-14(6-12-2-1-3-15(7-12)24(27)28)20-23-18(11-32-20)17-9-13-8-16(25(29)30)4-5-19(13)31-21(17)26/h1-9,11H/b14-6+. The van der Waals surface area contributed by atoms with Crippen molar-refractivity contribution in [3.63, 3.8) is 0 Å². The van der Waals surface area contributed by atoms with Crippen molar-refractivity contribution in [1.29, 1.82) is 5.26 Å². The van der Waals surface area contributed by atoms with Gasteiger partial charge in [0.25, 0.3) is 11.4 Å². The van der Waals surface area contributed by atoms with Crippen molar-refractivity contribution in [2.45, 2.75) is 0 Å². The molecule has 0 aliphatic carbocycles. The zero-order valence-electron chi connectivity index (χ0n) is 15.9. The Labute approximate surface area is 182 Å². The summed E-state index contributed by atoms with van der Waals surface area (Å²) in [6.45, 7) is 0. The number of allylic oxidation sites excluding steroid dienone is 1. The second-order valence-corrected chi connectivity index (χ2v) is 7.34. The maximum atomic E-state index is 12.4. The van der Waals surface area contributed by atoms with E-state index in [2.05, 4.69) is 4.98 Å². The lowest BCUT2D eigenvalue weighted by Gasteiger charge is -2.00. The molecule has 0 amide bonds. The van der Waals surface area contributed by atoms with Crippen LogP contribution in [0.2, 0.25) is 0 Å². The number of fused-ring (bicyclic) bond motifs is 1. The Morgan fingerprint density at radius 3 is 2.56 bits per heavy atom. The Hall–Kier alpha value is -4.69. The van der Waals surface area contributed by atoms with Crippen molar-refractivity contribution in [3.05, 3.63) is 95.1 Å². The fraction of sp³-hybridized carbons (Fsp3) is 0. The van der Waals surface area contributed by atoms with Crippen molar-refractivity contribution < 1.29 is 14.3 Å². The first kappa shape index (κ1) is 20.6. The monoisotopic (exact) mass is 446 g/mol. The van der Waals surface area contributed by atoms with Crippen LogP contribution in [0.5, 0.6) is 0 Å². The Balaban J connectivity index is 1.75. The summed E-state index contributed by atoms with van der Waals surface area (Å²) < 4.78 is 5.25. The minimum atomic E-state index is -0.677. The zero-order valence-corrected chi connectivity index (χ0v) is 16.7. The summed E-state index contributed by atoms with van der Waals surface area (Å²) in [7, 11) is 0. The van der Waals surface area contributed by atoms with Crippen LogP contribution in [-0.4, -0.2) is 14.8 Å². The number of benzene rings is 2. The fourth-order valence-electron chi connectivity index (χ4n) is 2.96. The molecule has 0 unspecified atom stereocenters. The predicted molar refractivity (Wildman–Crippen MR) is 117 cm³/mol. The van der Waals surface area contributed by atoms with Crippen LogP contribution in [0.1, 0.15) is 10.6 Å². The van der Waals surface area contributed by atoms with Crippen molar-refractivity contribution >= 4 is 45.3 Å². The fourth-order valence-corrected chi connectivity index (χ4v) is 3.75. The molecule has 156 valence electrons. The largest absolute Gasteiger partial charge is 0.422 e. The molecule has 0 aliphatic heterocycles. The first-order chi connectivity index (χ1) is 15.4. The number of rotatable bonds is 5. The van der Waals surface area contributed by atoms with Gasteiger partial charge >= 0.3 is 5.63 Å². The smallest absolute Gasteiger partial charge is 0.345 e. The molecule has 32 heavy (non-hydrogen) atoms. The van der Waals surface area contributed by atoms with Gasteiger partial charge in [-0.25, -0.2) is 9.78 Å². The van der Waals surface area contributed by atoms with Crippen LogP contribution in [-0.2, 0) is 0 Å². The van der Waals surface area contributed by atoms with E-state index in [1.54, 1.807) is 11.4 Å². The molecule has 0 aliphatic rings. The number of non-ortho nitro benzene ring substituents is 2. The maximum Gasteiger partial charge on any atom is 0.345 e. The Morgan fingerprint density at radius 2 is 1.84 bits per heavy atom. The zero-order chi connectivity index (χ0) is 22.8. The predicted octanol–water partition coefficient (Wildman–Crippen LogP) is 4.80. The number of hydrogen-bond donors (Lipinski definition) is 0. The average Bonchev–Trinajstić information content (AvgIpc) is 3.26. The number of nitro benzene ring substituents is 2. The van der Waals surface area contributed by atoms with Crippen molar-refractivity contribution in [1.82, 2.24) is 4.98 Å². The molecular formula is C21H10N4O6S. The van der Waals surface area contributed by atoms with Gasteiger partial charge in [-0.15, -0.1) is 11.3 Å². The summed E-state index contributed by atoms with van der Waals surface area (Å²) in [4.78, 5) is 37.6. The second kappa shape index (κ2) is 8.21. The summed E-state index contributed by atoms with van der Waals surface area (Å²) in [5, 5.41) is 33.7. The lowest BCUT2D eigenvalue weighted by Crippen LogP contribution is -2.03. The topological polar surface area (TPSA) is 153 Å². The van der Waals surface area contributed by atoms with E-state index in [1.165, 1.54) is 48.5 Å². The van der Waals surface area contributed by atoms with Gasteiger partial charge in [-0.3, -0.25) is 20.2 Å². The minimum Gasteiger partial charge on any atom is -0.422 e. The highest BCUT2D eigenvalue weighted by molar-refractivity contribution is 7.11. The molecule has 2 aromatic carbocycles. The molecule has 10 nitrogen and oxygen atoms in total. The van der Waals surface area contributed by atoms with Crippen LogP contribution < -0.4 is 5.63 Å². The molecule has 0 saturated heterocycles. The molecule has 2 heterocycles.